The third kappa shape index (κ3) is 19.3. The van der Waals surface area contributed by atoms with Crippen molar-refractivity contribution in [2.75, 3.05) is 66.4 Å². The van der Waals surface area contributed by atoms with Crippen molar-refractivity contribution >= 4 is 29.4 Å². The average Bonchev–Trinajstić information content (AvgIpc) is 2.88. The summed E-state index contributed by atoms with van der Waals surface area (Å²) in [5.74, 6) is -3.34. The highest BCUT2D eigenvalue weighted by atomic mass is 16.5. The molecule has 2 atom stereocenters. The molecule has 0 saturated carbocycles. The number of aliphatic hydroxyl groups excluding tert-OH is 1. The van der Waals surface area contributed by atoms with Crippen LogP contribution in [0.15, 0.2) is 0 Å². The number of aliphatic hydroxyl groups is 1. The maximum Gasteiger partial charge on any atom is 0.306 e. The van der Waals surface area contributed by atoms with Crippen LogP contribution in [0.3, 0.4) is 0 Å². The monoisotopic (exact) mass is 533 g/mol. The highest BCUT2D eigenvalue weighted by molar-refractivity contribution is 5.85. The molecule has 0 spiro atoms. The van der Waals surface area contributed by atoms with Crippen molar-refractivity contribution in [3.63, 3.8) is 0 Å². The number of likely N-dealkylation sites (N-methyl/N-ethyl adjacent to an activating group) is 1. The Balaban J connectivity index is 3.95. The van der Waals surface area contributed by atoms with Gasteiger partial charge in [0.1, 0.15) is 19.8 Å². The minimum Gasteiger partial charge on any atom is -0.481 e. The summed E-state index contributed by atoms with van der Waals surface area (Å²) in [7, 11) is 1.64. The SMILES string of the molecule is CCOCC(=O)NCCOCCOCC(=O)C[C@@H](CCC(=O)NCCCCC(NC)C(=O)CO)C(=O)O. The number of hydrogen-bond acceptors (Lipinski definition) is 10. The molecule has 0 fully saturated rings. The van der Waals surface area contributed by atoms with Gasteiger partial charge >= 0.3 is 5.97 Å². The fourth-order valence-corrected chi connectivity index (χ4v) is 3.23. The molecular weight excluding hydrogens is 490 g/mol. The lowest BCUT2D eigenvalue weighted by Gasteiger charge is -2.14. The Bertz CT molecular complexity index is 690. The van der Waals surface area contributed by atoms with Gasteiger partial charge in [0.25, 0.3) is 0 Å². The second-order valence-electron chi connectivity index (χ2n) is 8.28. The van der Waals surface area contributed by atoms with Gasteiger partial charge in [-0.1, -0.05) is 0 Å². The molecule has 0 saturated heterocycles. The normalized spacial score (nSPS) is 12.5. The molecule has 37 heavy (non-hydrogen) atoms. The highest BCUT2D eigenvalue weighted by Gasteiger charge is 2.22. The van der Waals surface area contributed by atoms with E-state index in [1.807, 2.05) is 0 Å². The van der Waals surface area contributed by atoms with Crippen LogP contribution in [0.1, 0.15) is 45.4 Å². The number of carbonyl (C=O) groups is 5. The second kappa shape index (κ2) is 22.7. The van der Waals surface area contributed by atoms with Crippen LogP contribution in [0.4, 0.5) is 0 Å². The molecule has 0 heterocycles. The number of amides is 2. The lowest BCUT2D eigenvalue weighted by molar-refractivity contribution is -0.144. The van der Waals surface area contributed by atoms with Gasteiger partial charge in [0, 0.05) is 32.5 Å². The van der Waals surface area contributed by atoms with Crippen molar-refractivity contribution in [2.24, 2.45) is 5.92 Å². The molecule has 13 heteroatoms. The Morgan fingerprint density at radius 3 is 2.19 bits per heavy atom. The van der Waals surface area contributed by atoms with Crippen LogP contribution in [0, 0.1) is 5.92 Å². The van der Waals surface area contributed by atoms with E-state index in [0.29, 0.717) is 39.0 Å². The third-order valence-corrected chi connectivity index (χ3v) is 5.32. The predicted molar refractivity (Wildman–Crippen MR) is 133 cm³/mol. The van der Waals surface area contributed by atoms with Gasteiger partial charge in [0.05, 0.1) is 31.8 Å². The van der Waals surface area contributed by atoms with Crippen LogP contribution in [-0.4, -0.2) is 112 Å². The third-order valence-electron chi connectivity index (χ3n) is 5.32. The number of rotatable bonds is 25. The molecule has 2 amide bonds. The van der Waals surface area contributed by atoms with Gasteiger partial charge in [-0.05, 0) is 39.7 Å². The number of Topliss-reactive ketones (excluding diaryl/α,β-unsaturated/α-hetero) is 2. The van der Waals surface area contributed by atoms with Crippen LogP contribution in [0.25, 0.3) is 0 Å². The number of ether oxygens (including phenoxy) is 3. The lowest BCUT2D eigenvalue weighted by atomic mass is 9.97. The standard InChI is InChI=1S/C24H43N3O10/c1-3-35-17-23(32)27-10-11-36-12-13-37-16-19(29)14-18(24(33)34)7-8-22(31)26-9-5-4-6-20(25-2)21(30)15-28/h18,20,25,28H,3-17H2,1-2H3,(H,26,31)(H,27,32)(H,33,34)/t18-,20?/m1/s1. The zero-order valence-electron chi connectivity index (χ0n) is 21.9. The van der Waals surface area contributed by atoms with Crippen molar-refractivity contribution in [1.29, 1.82) is 0 Å². The van der Waals surface area contributed by atoms with E-state index in [-0.39, 0.29) is 75.7 Å². The van der Waals surface area contributed by atoms with E-state index in [4.69, 9.17) is 19.3 Å². The minimum atomic E-state index is -1.15. The summed E-state index contributed by atoms with van der Waals surface area (Å²) in [6.45, 7) is 2.81. The first-order valence-corrected chi connectivity index (χ1v) is 12.6. The number of ketones is 2. The van der Waals surface area contributed by atoms with Crippen molar-refractivity contribution in [3.05, 3.63) is 0 Å². The number of unbranched alkanes of at least 4 members (excludes halogenated alkanes) is 1. The van der Waals surface area contributed by atoms with E-state index in [1.54, 1.807) is 14.0 Å². The van der Waals surface area contributed by atoms with Crippen LogP contribution < -0.4 is 16.0 Å². The smallest absolute Gasteiger partial charge is 0.306 e. The number of hydrogen-bond donors (Lipinski definition) is 5. The topological polar surface area (TPSA) is 190 Å². The molecule has 214 valence electrons. The van der Waals surface area contributed by atoms with Crippen molar-refractivity contribution in [1.82, 2.24) is 16.0 Å². The van der Waals surface area contributed by atoms with Gasteiger partial charge in [-0.2, -0.15) is 0 Å². The molecule has 0 bridgehead atoms. The second-order valence-corrected chi connectivity index (χ2v) is 8.28. The number of carboxylic acid groups (broad SMARTS) is 1. The van der Waals surface area contributed by atoms with Gasteiger partial charge < -0.3 is 40.4 Å². The summed E-state index contributed by atoms with van der Waals surface area (Å²) in [5, 5.41) is 26.4. The Kier molecular flexibility index (Phi) is 21.2. The van der Waals surface area contributed by atoms with Gasteiger partial charge in [0.15, 0.2) is 11.6 Å². The number of carboxylic acids is 1. The average molecular weight is 534 g/mol. The molecule has 0 aromatic carbocycles. The Morgan fingerprint density at radius 1 is 0.838 bits per heavy atom. The molecule has 0 aliphatic carbocycles. The lowest BCUT2D eigenvalue weighted by Crippen LogP contribution is -2.36. The summed E-state index contributed by atoms with van der Waals surface area (Å²) in [5.41, 5.74) is 0. The summed E-state index contributed by atoms with van der Waals surface area (Å²) in [6.07, 6.45) is 1.60. The molecule has 0 aliphatic heterocycles. The summed E-state index contributed by atoms with van der Waals surface area (Å²) in [6, 6.07) is -0.420. The van der Waals surface area contributed by atoms with Crippen molar-refractivity contribution < 1.29 is 48.4 Å². The summed E-state index contributed by atoms with van der Waals surface area (Å²) < 4.78 is 15.4. The van der Waals surface area contributed by atoms with E-state index in [1.165, 1.54) is 0 Å². The fraction of sp³-hybridized carbons (Fsp3) is 0.792. The van der Waals surface area contributed by atoms with E-state index >= 15 is 0 Å². The van der Waals surface area contributed by atoms with Crippen LogP contribution >= 0.6 is 0 Å². The van der Waals surface area contributed by atoms with Crippen LogP contribution in [0.5, 0.6) is 0 Å². The first-order chi connectivity index (χ1) is 17.7. The molecule has 13 nitrogen and oxygen atoms in total. The summed E-state index contributed by atoms with van der Waals surface area (Å²) in [4.78, 5) is 58.3. The van der Waals surface area contributed by atoms with Gasteiger partial charge in [-0.15, -0.1) is 0 Å². The Morgan fingerprint density at radius 2 is 1.54 bits per heavy atom. The maximum absolute atomic E-state index is 12.1. The fourth-order valence-electron chi connectivity index (χ4n) is 3.23. The number of nitrogens with one attached hydrogen (secondary N) is 3. The van der Waals surface area contributed by atoms with E-state index in [9.17, 15) is 29.1 Å². The first-order valence-electron chi connectivity index (χ1n) is 12.6. The van der Waals surface area contributed by atoms with Crippen LogP contribution in [-0.2, 0) is 38.2 Å². The quantitative estimate of drug-likeness (QED) is 0.0910. The molecular formula is C24H43N3O10. The molecule has 0 aromatic rings. The van der Waals surface area contributed by atoms with Crippen molar-refractivity contribution in [3.8, 4) is 0 Å². The molecule has 0 aliphatic rings. The Hall–Kier alpha value is -2.45. The first kappa shape index (κ1) is 34.6. The molecule has 1 unspecified atom stereocenters. The molecule has 0 radical (unpaired) electrons. The van der Waals surface area contributed by atoms with E-state index < -0.39 is 24.5 Å². The zero-order valence-corrected chi connectivity index (χ0v) is 21.9. The number of carbonyl (C=O) groups excluding carboxylic acids is 4. The van der Waals surface area contributed by atoms with Crippen LogP contribution in [0.2, 0.25) is 0 Å². The molecule has 0 rings (SSSR count). The van der Waals surface area contributed by atoms with Crippen molar-refractivity contribution in [2.45, 2.75) is 51.5 Å². The molecule has 0 aromatic heterocycles. The van der Waals surface area contributed by atoms with Gasteiger partial charge in [0.2, 0.25) is 11.8 Å². The summed E-state index contributed by atoms with van der Waals surface area (Å²) >= 11 is 0. The predicted octanol–water partition coefficient (Wildman–Crippen LogP) is -0.952. The van der Waals surface area contributed by atoms with E-state index in [0.717, 1.165) is 0 Å². The number of aliphatic carboxylic acids is 1. The maximum atomic E-state index is 12.1. The Labute approximate surface area is 218 Å². The minimum absolute atomic E-state index is 0.00189. The zero-order chi connectivity index (χ0) is 27.9. The highest BCUT2D eigenvalue weighted by Crippen LogP contribution is 2.13. The largest absolute Gasteiger partial charge is 0.481 e. The van der Waals surface area contributed by atoms with Gasteiger partial charge in [-0.3, -0.25) is 24.0 Å². The molecule has 5 N–H and O–H groups in total. The van der Waals surface area contributed by atoms with E-state index in [2.05, 4.69) is 16.0 Å². The van der Waals surface area contributed by atoms with Gasteiger partial charge in [-0.25, -0.2) is 0 Å².